The Morgan fingerprint density at radius 1 is 1.07 bits per heavy atom. The zero-order chi connectivity index (χ0) is 19.1. The van der Waals surface area contributed by atoms with Gasteiger partial charge in [0.25, 0.3) is 0 Å². The largest absolute Gasteiger partial charge is 0.339 e. The molecular weight excluding hydrogens is 342 g/mol. The molecule has 2 aliphatic rings. The van der Waals surface area contributed by atoms with E-state index in [2.05, 4.69) is 44.0 Å². The highest BCUT2D eigenvalue weighted by atomic mass is 16.2. The van der Waals surface area contributed by atoms with Gasteiger partial charge in [0.15, 0.2) is 0 Å². The molecule has 27 heavy (non-hydrogen) atoms. The van der Waals surface area contributed by atoms with E-state index >= 15 is 0 Å². The number of hydrogen-bond donors (Lipinski definition) is 1. The zero-order valence-corrected chi connectivity index (χ0v) is 16.7. The average Bonchev–Trinajstić information content (AvgIpc) is 2.96. The topological polar surface area (TPSA) is 67.8 Å². The molecular formula is C19H33N7O. The highest BCUT2D eigenvalue weighted by Crippen LogP contribution is 2.11. The van der Waals surface area contributed by atoms with Crippen molar-refractivity contribution in [1.29, 1.82) is 0 Å². The summed E-state index contributed by atoms with van der Waals surface area (Å²) < 4.78 is 0. The average molecular weight is 376 g/mol. The standard InChI is InChI=1S/C19H33N7O/c1-3-17(24-12-10-23(2)11-13-24)16-22-19(27)26-9-5-8-25(14-15-26)18-20-6-4-7-21-18/h4,6-7,17H,3,5,8-16H2,1-2H3,(H,22,27)/t17-/m1/s1. The van der Waals surface area contributed by atoms with Crippen molar-refractivity contribution in [2.45, 2.75) is 25.8 Å². The fourth-order valence-corrected chi connectivity index (χ4v) is 3.81. The molecule has 1 N–H and O–H groups in total. The van der Waals surface area contributed by atoms with E-state index < -0.39 is 0 Å². The highest BCUT2D eigenvalue weighted by Gasteiger charge is 2.24. The number of nitrogens with one attached hydrogen (secondary N) is 1. The van der Waals surface area contributed by atoms with Gasteiger partial charge in [-0.3, -0.25) is 4.90 Å². The predicted molar refractivity (Wildman–Crippen MR) is 107 cm³/mol. The number of aromatic nitrogens is 2. The van der Waals surface area contributed by atoms with Crippen LogP contribution in [-0.4, -0.2) is 103 Å². The predicted octanol–water partition coefficient (Wildman–Crippen LogP) is 0.724. The summed E-state index contributed by atoms with van der Waals surface area (Å²) in [5.41, 5.74) is 0. The summed E-state index contributed by atoms with van der Waals surface area (Å²) in [7, 11) is 2.17. The lowest BCUT2D eigenvalue weighted by molar-refractivity contribution is 0.107. The Morgan fingerprint density at radius 3 is 2.52 bits per heavy atom. The molecule has 0 unspecified atom stereocenters. The van der Waals surface area contributed by atoms with Gasteiger partial charge >= 0.3 is 6.03 Å². The lowest BCUT2D eigenvalue weighted by atomic mass is 10.1. The van der Waals surface area contributed by atoms with Gasteiger partial charge in [0, 0.05) is 77.3 Å². The molecule has 0 saturated carbocycles. The third kappa shape index (κ3) is 5.52. The number of likely N-dealkylation sites (N-methyl/N-ethyl adjacent to an activating group) is 1. The first-order chi connectivity index (χ1) is 13.2. The fraction of sp³-hybridized carbons (Fsp3) is 0.737. The molecule has 1 aromatic rings. The van der Waals surface area contributed by atoms with E-state index in [9.17, 15) is 4.79 Å². The molecule has 1 aromatic heterocycles. The number of piperazine rings is 1. The molecule has 2 amide bonds. The summed E-state index contributed by atoms with van der Waals surface area (Å²) >= 11 is 0. The van der Waals surface area contributed by atoms with E-state index in [0.29, 0.717) is 12.6 Å². The molecule has 8 nitrogen and oxygen atoms in total. The van der Waals surface area contributed by atoms with Gasteiger partial charge in [0.2, 0.25) is 5.95 Å². The van der Waals surface area contributed by atoms with Crippen LogP contribution in [0.2, 0.25) is 0 Å². The lowest BCUT2D eigenvalue weighted by Gasteiger charge is -2.38. The van der Waals surface area contributed by atoms with Gasteiger partial charge in [-0.25, -0.2) is 14.8 Å². The van der Waals surface area contributed by atoms with Crippen LogP contribution in [0.15, 0.2) is 18.5 Å². The van der Waals surface area contributed by atoms with Gasteiger partial charge in [-0.15, -0.1) is 0 Å². The maximum Gasteiger partial charge on any atom is 0.317 e. The zero-order valence-electron chi connectivity index (χ0n) is 16.7. The number of carbonyl (C=O) groups is 1. The van der Waals surface area contributed by atoms with Crippen molar-refractivity contribution < 1.29 is 4.79 Å². The van der Waals surface area contributed by atoms with Crippen LogP contribution in [0.4, 0.5) is 10.7 Å². The number of anilines is 1. The normalized spacial score (nSPS) is 21.0. The van der Waals surface area contributed by atoms with E-state index in [1.165, 1.54) is 0 Å². The van der Waals surface area contributed by atoms with E-state index in [1.54, 1.807) is 12.4 Å². The quantitative estimate of drug-likeness (QED) is 0.818. The van der Waals surface area contributed by atoms with Gasteiger partial charge in [0.05, 0.1) is 0 Å². The molecule has 0 aromatic carbocycles. The van der Waals surface area contributed by atoms with Crippen LogP contribution < -0.4 is 10.2 Å². The highest BCUT2D eigenvalue weighted by molar-refractivity contribution is 5.74. The third-order valence-electron chi connectivity index (χ3n) is 5.63. The van der Waals surface area contributed by atoms with Gasteiger partial charge in [-0.2, -0.15) is 0 Å². The van der Waals surface area contributed by atoms with Crippen LogP contribution in [0, 0.1) is 0 Å². The summed E-state index contributed by atoms with van der Waals surface area (Å²) in [4.78, 5) is 30.3. The summed E-state index contributed by atoms with van der Waals surface area (Å²) in [5, 5.41) is 3.18. The van der Waals surface area contributed by atoms with Crippen LogP contribution in [0.1, 0.15) is 19.8 Å². The Bertz CT molecular complexity index is 577. The minimum absolute atomic E-state index is 0.0541. The van der Waals surface area contributed by atoms with Crippen molar-refractivity contribution in [3.63, 3.8) is 0 Å². The van der Waals surface area contributed by atoms with Crippen molar-refractivity contribution in [2.75, 3.05) is 70.9 Å². The summed E-state index contributed by atoms with van der Waals surface area (Å²) in [6.07, 6.45) is 5.52. The molecule has 8 heteroatoms. The summed E-state index contributed by atoms with van der Waals surface area (Å²) in [6, 6.07) is 2.30. The van der Waals surface area contributed by atoms with E-state index in [1.807, 2.05) is 11.0 Å². The Hall–Kier alpha value is -1.93. The van der Waals surface area contributed by atoms with Crippen LogP contribution in [-0.2, 0) is 0 Å². The van der Waals surface area contributed by atoms with Crippen molar-refractivity contribution in [3.8, 4) is 0 Å². The third-order valence-corrected chi connectivity index (χ3v) is 5.63. The van der Waals surface area contributed by atoms with Crippen LogP contribution in [0.25, 0.3) is 0 Å². The first kappa shape index (κ1) is 19.8. The monoisotopic (exact) mass is 375 g/mol. The molecule has 1 atom stereocenters. The van der Waals surface area contributed by atoms with Gasteiger partial charge < -0.3 is 20.0 Å². The van der Waals surface area contributed by atoms with Crippen LogP contribution in [0.5, 0.6) is 0 Å². The minimum atomic E-state index is 0.0541. The molecule has 0 bridgehead atoms. The first-order valence-corrected chi connectivity index (χ1v) is 10.1. The number of carbonyl (C=O) groups excluding carboxylic acids is 1. The van der Waals surface area contributed by atoms with E-state index in [0.717, 1.165) is 71.1 Å². The van der Waals surface area contributed by atoms with Gasteiger partial charge in [0.1, 0.15) is 0 Å². The Balaban J connectivity index is 1.46. The second-order valence-corrected chi connectivity index (χ2v) is 7.46. The number of rotatable bonds is 5. The van der Waals surface area contributed by atoms with E-state index in [4.69, 9.17) is 0 Å². The Morgan fingerprint density at radius 2 is 1.81 bits per heavy atom. The molecule has 2 fully saturated rings. The van der Waals surface area contributed by atoms with Gasteiger partial charge in [-0.05, 0) is 26.0 Å². The Labute approximate surface area is 162 Å². The fourth-order valence-electron chi connectivity index (χ4n) is 3.81. The first-order valence-electron chi connectivity index (χ1n) is 10.1. The van der Waals surface area contributed by atoms with Crippen molar-refractivity contribution in [2.24, 2.45) is 0 Å². The number of nitrogens with zero attached hydrogens (tertiary/aromatic N) is 6. The smallest absolute Gasteiger partial charge is 0.317 e. The van der Waals surface area contributed by atoms with Crippen molar-refractivity contribution >= 4 is 12.0 Å². The lowest BCUT2D eigenvalue weighted by Crippen LogP contribution is -2.53. The van der Waals surface area contributed by atoms with Crippen LogP contribution >= 0.6 is 0 Å². The second kappa shape index (κ2) is 9.85. The molecule has 3 rings (SSSR count). The molecule has 0 radical (unpaired) electrons. The SMILES string of the molecule is CC[C@H](CNC(=O)N1CCCN(c2ncccn2)CC1)N1CCN(C)CC1. The number of hydrogen-bond acceptors (Lipinski definition) is 6. The summed E-state index contributed by atoms with van der Waals surface area (Å²) in [6.45, 7) is 10.4. The number of amides is 2. The molecule has 0 aliphatic carbocycles. The van der Waals surface area contributed by atoms with Crippen molar-refractivity contribution in [3.05, 3.63) is 18.5 Å². The Kier molecular flexibility index (Phi) is 7.23. The maximum absolute atomic E-state index is 12.7. The molecule has 2 aliphatic heterocycles. The molecule has 0 spiro atoms. The number of urea groups is 1. The maximum atomic E-state index is 12.7. The minimum Gasteiger partial charge on any atom is -0.339 e. The molecule has 150 valence electrons. The van der Waals surface area contributed by atoms with Crippen molar-refractivity contribution in [1.82, 2.24) is 30.0 Å². The van der Waals surface area contributed by atoms with E-state index in [-0.39, 0.29) is 6.03 Å². The summed E-state index contributed by atoms with van der Waals surface area (Å²) in [5.74, 6) is 0.751. The second-order valence-electron chi connectivity index (χ2n) is 7.46. The molecule has 3 heterocycles. The van der Waals surface area contributed by atoms with Crippen LogP contribution in [0.3, 0.4) is 0 Å². The van der Waals surface area contributed by atoms with Gasteiger partial charge in [-0.1, -0.05) is 6.92 Å². The molecule has 2 saturated heterocycles.